The van der Waals surface area contributed by atoms with Crippen LogP contribution in [0.2, 0.25) is 0 Å². The first-order valence-corrected chi connectivity index (χ1v) is 4.73. The smallest absolute Gasteiger partial charge is 0.256 e. The van der Waals surface area contributed by atoms with Gasteiger partial charge in [0.25, 0.3) is 12.0 Å². The molecule has 1 aromatic heterocycles. The van der Waals surface area contributed by atoms with Gasteiger partial charge in [-0.25, -0.2) is 8.78 Å². The molecule has 0 unspecified atom stereocenters. The molecule has 0 spiro atoms. The van der Waals surface area contributed by atoms with Gasteiger partial charge in [0.1, 0.15) is 0 Å². The van der Waals surface area contributed by atoms with E-state index in [1.807, 2.05) is 22.6 Å². The highest BCUT2D eigenvalue weighted by Gasteiger charge is 2.06. The Labute approximate surface area is 87.7 Å². The monoisotopic (exact) mass is 299 g/mol. The van der Waals surface area contributed by atoms with E-state index >= 15 is 0 Å². The SMILES string of the molecule is Cc1cc(=O)n(CC(F)F)cc1I. The number of aromatic nitrogens is 1. The van der Waals surface area contributed by atoms with E-state index in [1.165, 1.54) is 12.3 Å². The Kier molecular flexibility index (Phi) is 3.40. The molecule has 2 nitrogen and oxygen atoms in total. The number of aryl methyl sites for hydroxylation is 1. The zero-order valence-corrected chi connectivity index (χ0v) is 9.09. The second-order valence-corrected chi connectivity index (χ2v) is 3.85. The van der Waals surface area contributed by atoms with Gasteiger partial charge in [0.2, 0.25) is 0 Å². The summed E-state index contributed by atoms with van der Waals surface area (Å²) in [7, 11) is 0. The molecule has 0 aliphatic carbocycles. The minimum Gasteiger partial charge on any atom is -0.309 e. The number of hydrogen-bond donors (Lipinski definition) is 0. The zero-order valence-electron chi connectivity index (χ0n) is 6.93. The number of nitrogens with zero attached hydrogens (tertiary/aromatic N) is 1. The Morgan fingerprint density at radius 3 is 2.77 bits per heavy atom. The molecule has 0 amide bonds. The van der Waals surface area contributed by atoms with E-state index in [9.17, 15) is 13.6 Å². The molecule has 1 aromatic rings. The van der Waals surface area contributed by atoms with Crippen molar-refractivity contribution in [1.82, 2.24) is 4.57 Å². The molecule has 0 aromatic carbocycles. The Balaban J connectivity index is 3.09. The molecule has 0 radical (unpaired) electrons. The molecule has 72 valence electrons. The molecule has 1 rings (SSSR count). The van der Waals surface area contributed by atoms with Crippen molar-refractivity contribution in [2.75, 3.05) is 0 Å². The lowest BCUT2D eigenvalue weighted by Crippen LogP contribution is -2.23. The summed E-state index contributed by atoms with van der Waals surface area (Å²) in [6.45, 7) is 1.24. The molecule has 13 heavy (non-hydrogen) atoms. The van der Waals surface area contributed by atoms with Gasteiger partial charge >= 0.3 is 0 Å². The number of rotatable bonds is 2. The summed E-state index contributed by atoms with van der Waals surface area (Å²) in [5.74, 6) is 0. The van der Waals surface area contributed by atoms with Crippen LogP contribution >= 0.6 is 22.6 Å². The van der Waals surface area contributed by atoms with E-state index < -0.39 is 13.0 Å². The van der Waals surface area contributed by atoms with Crippen molar-refractivity contribution < 1.29 is 8.78 Å². The molecular weight excluding hydrogens is 291 g/mol. The first-order chi connectivity index (χ1) is 6.00. The van der Waals surface area contributed by atoms with Crippen LogP contribution < -0.4 is 5.56 Å². The van der Waals surface area contributed by atoms with Crippen molar-refractivity contribution in [2.24, 2.45) is 0 Å². The van der Waals surface area contributed by atoms with Crippen LogP contribution in [0, 0.1) is 10.5 Å². The summed E-state index contributed by atoms with van der Waals surface area (Å²) in [5.41, 5.74) is 0.439. The van der Waals surface area contributed by atoms with Crippen molar-refractivity contribution in [3.63, 3.8) is 0 Å². The lowest BCUT2D eigenvalue weighted by Gasteiger charge is -2.06. The minimum absolute atomic E-state index is 0.377. The molecule has 5 heteroatoms. The molecule has 0 saturated heterocycles. The van der Waals surface area contributed by atoms with E-state index in [0.29, 0.717) is 0 Å². The molecule has 0 N–H and O–H groups in total. The maximum atomic E-state index is 12.0. The van der Waals surface area contributed by atoms with Gasteiger partial charge in [-0.2, -0.15) is 0 Å². The fourth-order valence-electron chi connectivity index (χ4n) is 0.931. The molecular formula is C8H8F2INO. The number of halogens is 3. The molecule has 0 saturated carbocycles. The maximum absolute atomic E-state index is 12.0. The summed E-state index contributed by atoms with van der Waals surface area (Å²) in [6.07, 6.45) is -1.04. The second-order valence-electron chi connectivity index (χ2n) is 2.69. The average Bonchev–Trinajstić information content (AvgIpc) is 1.99. The summed E-state index contributed by atoms with van der Waals surface area (Å²) < 4.78 is 25.8. The molecule has 0 aliphatic heterocycles. The standard InChI is InChI=1S/C8H8F2INO/c1-5-2-8(13)12(3-6(5)11)4-7(9)10/h2-3,7H,4H2,1H3. The second kappa shape index (κ2) is 4.17. The van der Waals surface area contributed by atoms with Crippen LogP contribution in [0.15, 0.2) is 17.1 Å². The van der Waals surface area contributed by atoms with E-state index in [-0.39, 0.29) is 5.56 Å². The number of pyridine rings is 1. The molecule has 0 bridgehead atoms. The van der Waals surface area contributed by atoms with Gasteiger partial charge in [-0.05, 0) is 35.1 Å². The predicted molar refractivity (Wildman–Crippen MR) is 54.2 cm³/mol. The fraction of sp³-hybridized carbons (Fsp3) is 0.375. The lowest BCUT2D eigenvalue weighted by molar-refractivity contribution is 0.125. The Bertz CT molecular complexity index is 362. The molecule has 0 atom stereocenters. The first-order valence-electron chi connectivity index (χ1n) is 3.65. The van der Waals surface area contributed by atoms with Crippen molar-refractivity contribution in [3.05, 3.63) is 31.8 Å². The quantitative estimate of drug-likeness (QED) is 0.766. The maximum Gasteiger partial charge on any atom is 0.256 e. The van der Waals surface area contributed by atoms with Crippen molar-refractivity contribution in [1.29, 1.82) is 0 Å². The van der Waals surface area contributed by atoms with Crippen molar-refractivity contribution >= 4 is 22.6 Å². The third-order valence-electron chi connectivity index (χ3n) is 1.60. The topological polar surface area (TPSA) is 22.0 Å². The highest BCUT2D eigenvalue weighted by molar-refractivity contribution is 14.1. The Morgan fingerprint density at radius 2 is 2.23 bits per heavy atom. The fourth-order valence-corrected chi connectivity index (χ4v) is 1.42. The Hall–Kier alpha value is -0.460. The zero-order chi connectivity index (χ0) is 10.0. The van der Waals surface area contributed by atoms with Crippen LogP contribution in [0.3, 0.4) is 0 Å². The van der Waals surface area contributed by atoms with E-state index in [4.69, 9.17) is 0 Å². The van der Waals surface area contributed by atoms with Crippen LogP contribution in [-0.4, -0.2) is 11.0 Å². The van der Waals surface area contributed by atoms with Crippen LogP contribution in [0.1, 0.15) is 5.56 Å². The average molecular weight is 299 g/mol. The van der Waals surface area contributed by atoms with E-state index in [0.717, 1.165) is 13.7 Å². The van der Waals surface area contributed by atoms with Gasteiger partial charge in [-0.15, -0.1) is 0 Å². The molecule has 1 heterocycles. The summed E-state index contributed by atoms with van der Waals surface area (Å²) >= 11 is 2.01. The number of hydrogen-bond acceptors (Lipinski definition) is 1. The van der Waals surface area contributed by atoms with E-state index in [2.05, 4.69) is 0 Å². The van der Waals surface area contributed by atoms with Gasteiger partial charge in [0.05, 0.1) is 6.54 Å². The first kappa shape index (κ1) is 10.6. The lowest BCUT2D eigenvalue weighted by atomic mass is 10.3. The molecule has 0 fully saturated rings. The molecule has 0 aliphatic rings. The minimum atomic E-state index is -2.49. The third kappa shape index (κ3) is 2.75. The Morgan fingerprint density at radius 1 is 1.62 bits per heavy atom. The highest BCUT2D eigenvalue weighted by Crippen LogP contribution is 2.08. The van der Waals surface area contributed by atoms with E-state index in [1.54, 1.807) is 6.92 Å². The van der Waals surface area contributed by atoms with Gasteiger partial charge in [-0.1, -0.05) is 0 Å². The van der Waals surface area contributed by atoms with Crippen LogP contribution in [0.5, 0.6) is 0 Å². The van der Waals surface area contributed by atoms with Gasteiger partial charge in [0.15, 0.2) is 0 Å². The van der Waals surface area contributed by atoms with Crippen LogP contribution in [-0.2, 0) is 6.54 Å². The van der Waals surface area contributed by atoms with Crippen LogP contribution in [0.25, 0.3) is 0 Å². The van der Waals surface area contributed by atoms with Gasteiger partial charge < -0.3 is 4.57 Å². The van der Waals surface area contributed by atoms with Crippen molar-refractivity contribution in [3.8, 4) is 0 Å². The van der Waals surface area contributed by atoms with Gasteiger partial charge in [-0.3, -0.25) is 4.79 Å². The van der Waals surface area contributed by atoms with Crippen LogP contribution in [0.4, 0.5) is 8.78 Å². The van der Waals surface area contributed by atoms with Gasteiger partial charge in [0, 0.05) is 15.8 Å². The highest BCUT2D eigenvalue weighted by atomic mass is 127. The summed E-state index contributed by atoms with van der Waals surface area (Å²) in [6, 6.07) is 1.37. The normalized spacial score (nSPS) is 10.8. The van der Waals surface area contributed by atoms with Crippen molar-refractivity contribution in [2.45, 2.75) is 19.9 Å². The largest absolute Gasteiger partial charge is 0.309 e. The summed E-state index contributed by atoms with van der Waals surface area (Å²) in [5, 5.41) is 0. The summed E-state index contributed by atoms with van der Waals surface area (Å²) in [4.78, 5) is 11.2. The third-order valence-corrected chi connectivity index (χ3v) is 2.73. The number of alkyl halides is 2. The predicted octanol–water partition coefficient (Wildman–Crippen LogP) is 2.03.